The zero-order valence-corrected chi connectivity index (χ0v) is 20.3. The number of aromatic nitrogens is 2. The van der Waals surface area contributed by atoms with Crippen molar-refractivity contribution in [2.24, 2.45) is 0 Å². The Bertz CT molecular complexity index is 1150. The summed E-state index contributed by atoms with van der Waals surface area (Å²) in [5.41, 5.74) is 7.50. The van der Waals surface area contributed by atoms with Gasteiger partial charge in [-0.1, -0.05) is 18.2 Å². The molecule has 5 N–H and O–H groups in total. The molecule has 0 fully saturated rings. The van der Waals surface area contributed by atoms with E-state index in [2.05, 4.69) is 14.5 Å². The molecule has 1 amide bonds. The van der Waals surface area contributed by atoms with Crippen molar-refractivity contribution in [2.75, 3.05) is 12.3 Å². The first-order chi connectivity index (χ1) is 16.0. The van der Waals surface area contributed by atoms with Gasteiger partial charge in [0.2, 0.25) is 6.41 Å². The van der Waals surface area contributed by atoms with Crippen LogP contribution in [0.15, 0.2) is 47.1 Å². The molecule has 0 atom stereocenters. The zero-order chi connectivity index (χ0) is 25.3. The number of allylic oxidation sites excluding steroid dienone is 1. The maximum atomic E-state index is 13.1. The number of carbonyl (C=O) groups is 1. The van der Waals surface area contributed by atoms with E-state index in [0.29, 0.717) is 34.0 Å². The maximum Gasteiger partial charge on any atom is 0.469 e. The summed E-state index contributed by atoms with van der Waals surface area (Å²) in [6, 6.07) is 5.64. The Morgan fingerprint density at radius 2 is 2.00 bits per heavy atom. The summed E-state index contributed by atoms with van der Waals surface area (Å²) in [6.07, 6.45) is 5.06. The number of halogens is 1. The van der Waals surface area contributed by atoms with Gasteiger partial charge in [-0.05, 0) is 37.6 Å². The lowest BCUT2D eigenvalue weighted by atomic mass is 10.2. The molecule has 0 aliphatic heterocycles. The molecule has 184 valence electrons. The van der Waals surface area contributed by atoms with E-state index in [9.17, 15) is 18.9 Å². The lowest BCUT2D eigenvalue weighted by Gasteiger charge is -2.21. The lowest BCUT2D eigenvalue weighted by molar-refractivity contribution is -0.116. The summed E-state index contributed by atoms with van der Waals surface area (Å²) in [5.74, 6) is 0.308. The van der Waals surface area contributed by atoms with Gasteiger partial charge in [-0.25, -0.2) is 18.9 Å². The summed E-state index contributed by atoms with van der Waals surface area (Å²) < 4.78 is 28.6. The molecule has 0 spiro atoms. The first-order valence-electron chi connectivity index (χ1n) is 9.89. The standard InChI is InChI=1S/C21H26FN4O6PS/c1-14(26(13-27)12-17-11-24-15(2)25-21(17)23)19(9-10-32-33(29,30)31)34-20(28)8-5-16-3-6-18(22)7-4-16/h3-8,11,13,28,34H,9-10,12H2,1-2H3,(H2,23,24,25)(H2,29,30,31)/b8-5+,19-14-. The Kier molecular flexibility index (Phi) is 10.2. The molecule has 10 nitrogen and oxygen atoms in total. The lowest BCUT2D eigenvalue weighted by Crippen LogP contribution is -2.22. The van der Waals surface area contributed by atoms with Crippen LogP contribution in [0.5, 0.6) is 0 Å². The summed E-state index contributed by atoms with van der Waals surface area (Å²) in [6.45, 7) is 3.00. The molecular formula is C21H26FN4O6PS. The predicted molar refractivity (Wildman–Crippen MR) is 130 cm³/mol. The quantitative estimate of drug-likeness (QED) is 0.100. The normalized spacial score (nSPS) is 13.4. The number of nitrogens with two attached hydrogens (primary N) is 1. The SMILES string of the molecule is C/C(=C(CCOP(=O)(O)O)/[SH]=C(O)\C=C\c1ccc(F)cc1)N(C=O)Cc1cnc(C)nc1N. The van der Waals surface area contributed by atoms with Crippen molar-refractivity contribution in [1.82, 2.24) is 14.9 Å². The summed E-state index contributed by atoms with van der Waals surface area (Å²) in [7, 11) is -4.70. The van der Waals surface area contributed by atoms with E-state index in [4.69, 9.17) is 15.5 Å². The van der Waals surface area contributed by atoms with E-state index < -0.39 is 7.82 Å². The highest BCUT2D eigenvalue weighted by Gasteiger charge is 2.16. The summed E-state index contributed by atoms with van der Waals surface area (Å²) in [4.78, 5) is 39.7. The molecule has 0 saturated heterocycles. The molecule has 0 unspecified atom stereocenters. The van der Waals surface area contributed by atoms with Crippen molar-refractivity contribution in [3.8, 4) is 0 Å². The van der Waals surface area contributed by atoms with Crippen molar-refractivity contribution in [3.63, 3.8) is 0 Å². The average molecular weight is 513 g/mol. The number of hydrogen-bond acceptors (Lipinski definition) is 6. The number of amides is 1. The van der Waals surface area contributed by atoms with Gasteiger partial charge < -0.3 is 25.5 Å². The molecule has 0 radical (unpaired) electrons. The number of phosphoric ester groups is 1. The van der Waals surface area contributed by atoms with Gasteiger partial charge >= 0.3 is 7.82 Å². The van der Waals surface area contributed by atoms with Gasteiger partial charge in [0.05, 0.1) is 18.2 Å². The van der Waals surface area contributed by atoms with Crippen molar-refractivity contribution in [3.05, 3.63) is 69.9 Å². The van der Waals surface area contributed by atoms with Crippen molar-refractivity contribution >= 4 is 42.5 Å². The number of phosphoric acid groups is 1. The third-order valence-corrected chi connectivity index (χ3v) is 6.19. The number of nitrogen functional groups attached to an aromatic ring is 1. The number of carbonyl (C=O) groups excluding carboxylic acids is 1. The van der Waals surface area contributed by atoms with Crippen LogP contribution in [-0.2, 0) is 20.4 Å². The Balaban J connectivity index is 2.34. The fourth-order valence-electron chi connectivity index (χ4n) is 2.72. The molecule has 0 bridgehead atoms. The molecule has 0 aliphatic carbocycles. The van der Waals surface area contributed by atoms with Crippen LogP contribution in [0.4, 0.5) is 10.2 Å². The third kappa shape index (κ3) is 9.26. The number of thiol groups is 1. The number of rotatable bonds is 11. The number of hydrogen-bond donors (Lipinski definition) is 5. The minimum atomic E-state index is -4.70. The first kappa shape index (κ1) is 27.5. The number of aryl methyl sites for hydroxylation is 1. The number of nitrogens with zero attached hydrogens (tertiary/aromatic N) is 3. The van der Waals surface area contributed by atoms with Crippen LogP contribution < -0.4 is 5.73 Å². The Morgan fingerprint density at radius 3 is 2.59 bits per heavy atom. The number of anilines is 1. The monoisotopic (exact) mass is 512 g/mol. The second kappa shape index (κ2) is 12.7. The molecule has 13 heteroatoms. The fraction of sp³-hybridized carbons (Fsp3) is 0.238. The van der Waals surface area contributed by atoms with Gasteiger partial charge in [-0.2, -0.15) is 0 Å². The molecule has 1 aromatic carbocycles. The molecule has 1 aromatic heterocycles. The van der Waals surface area contributed by atoms with Crippen molar-refractivity contribution in [2.45, 2.75) is 26.8 Å². The van der Waals surface area contributed by atoms with Gasteiger partial charge in [-0.15, -0.1) is 11.4 Å². The van der Waals surface area contributed by atoms with E-state index >= 15 is 0 Å². The van der Waals surface area contributed by atoms with E-state index in [-0.39, 0.29) is 47.6 Å². The van der Waals surface area contributed by atoms with Crippen LogP contribution >= 0.6 is 19.2 Å². The summed E-state index contributed by atoms with van der Waals surface area (Å²) >= 11 is 0.274. The Labute approximate surface area is 199 Å². The van der Waals surface area contributed by atoms with Crippen molar-refractivity contribution in [1.29, 1.82) is 0 Å². The van der Waals surface area contributed by atoms with Crippen LogP contribution in [0.1, 0.15) is 30.3 Å². The topological polar surface area (TPSA) is 159 Å². The van der Waals surface area contributed by atoms with Crippen molar-refractivity contribution < 1.29 is 33.2 Å². The smallest absolute Gasteiger partial charge is 0.383 e. The largest absolute Gasteiger partial charge is 0.469 e. The molecule has 0 aliphatic rings. The van der Waals surface area contributed by atoms with Crippen LogP contribution in [0.25, 0.3) is 6.08 Å². The molecular weight excluding hydrogens is 486 g/mol. The van der Waals surface area contributed by atoms with Crippen LogP contribution in [0, 0.1) is 12.7 Å². The second-order valence-corrected chi connectivity index (χ2v) is 9.48. The first-order valence-corrected chi connectivity index (χ1v) is 12.3. The molecule has 1 heterocycles. The number of aliphatic hydroxyl groups excluding tert-OH is 1. The number of aliphatic hydroxyl groups is 1. The fourth-order valence-corrected chi connectivity index (χ4v) is 3.97. The molecule has 34 heavy (non-hydrogen) atoms. The third-order valence-electron chi connectivity index (χ3n) is 4.48. The van der Waals surface area contributed by atoms with E-state index in [0.717, 1.165) is 0 Å². The number of benzene rings is 1. The minimum absolute atomic E-state index is 0.0111. The minimum Gasteiger partial charge on any atom is -0.383 e. The second-order valence-electron chi connectivity index (χ2n) is 7.02. The van der Waals surface area contributed by atoms with Gasteiger partial charge in [0, 0.05) is 28.8 Å². The highest BCUT2D eigenvalue weighted by molar-refractivity contribution is 8.02. The highest BCUT2D eigenvalue weighted by atomic mass is 32.1. The van der Waals surface area contributed by atoms with Gasteiger partial charge in [-0.3, -0.25) is 9.32 Å². The van der Waals surface area contributed by atoms with Crippen LogP contribution in [-0.4, -0.2) is 47.8 Å². The van der Waals surface area contributed by atoms with Gasteiger partial charge in [0.25, 0.3) is 0 Å². The Hall–Kier alpha value is -2.73. The van der Waals surface area contributed by atoms with Crippen LogP contribution in [0.2, 0.25) is 0 Å². The van der Waals surface area contributed by atoms with E-state index in [1.54, 1.807) is 19.9 Å². The Morgan fingerprint density at radius 1 is 1.32 bits per heavy atom. The van der Waals surface area contributed by atoms with E-state index in [1.165, 1.54) is 41.4 Å². The average Bonchev–Trinajstić information content (AvgIpc) is 2.76. The molecule has 2 rings (SSSR count). The highest BCUT2D eigenvalue weighted by Crippen LogP contribution is 2.36. The van der Waals surface area contributed by atoms with E-state index in [1.807, 2.05) is 0 Å². The molecule has 0 saturated carbocycles. The predicted octanol–water partition coefficient (Wildman–Crippen LogP) is 3.06. The maximum absolute atomic E-state index is 13.1. The van der Waals surface area contributed by atoms with Gasteiger partial charge in [0.1, 0.15) is 17.5 Å². The zero-order valence-electron chi connectivity index (χ0n) is 18.5. The van der Waals surface area contributed by atoms with Gasteiger partial charge in [0.15, 0.2) is 0 Å². The summed E-state index contributed by atoms with van der Waals surface area (Å²) in [5, 5.41) is 10.3. The molecule has 2 aromatic rings. The van der Waals surface area contributed by atoms with Crippen LogP contribution in [0.3, 0.4) is 0 Å².